The van der Waals surface area contributed by atoms with E-state index in [1.54, 1.807) is 42.7 Å². The second-order valence-electron chi connectivity index (χ2n) is 20.6. The lowest BCUT2D eigenvalue weighted by molar-refractivity contribution is -0.142. The van der Waals surface area contributed by atoms with Gasteiger partial charge in [0, 0.05) is 132 Å². The fourth-order valence-corrected chi connectivity index (χ4v) is 10.9. The number of nitrogens with one attached hydrogen (secondary N) is 2. The molecule has 452 valence electrons. The van der Waals surface area contributed by atoms with Gasteiger partial charge in [-0.3, -0.25) is 19.6 Å². The number of piperazine rings is 3. The molecule has 3 atom stereocenters. The first-order chi connectivity index (χ1) is 43.2. The number of hydrogen-bond acceptors (Lipinski definition) is 18. The predicted molar refractivity (Wildman–Crippen MR) is 346 cm³/mol. The lowest BCUT2D eigenvalue weighted by Gasteiger charge is -2.36. The predicted octanol–water partition coefficient (Wildman–Crippen LogP) is 9.19. The number of carbonyl (C=O) groups excluding carboxylic acids is 3. The number of ether oxygens (including phenoxy) is 2. The Bertz CT molecular complexity index is 3340. The van der Waals surface area contributed by atoms with Crippen molar-refractivity contribution in [1.29, 1.82) is 0 Å². The van der Waals surface area contributed by atoms with E-state index in [4.69, 9.17) is 9.47 Å². The van der Waals surface area contributed by atoms with E-state index in [0.717, 1.165) is 146 Å². The summed E-state index contributed by atoms with van der Waals surface area (Å²) < 4.78 is 10.9. The third kappa shape index (κ3) is 17.3. The van der Waals surface area contributed by atoms with Crippen LogP contribution < -0.4 is 35.3 Å². The highest BCUT2D eigenvalue weighted by Gasteiger charge is 2.27. The Morgan fingerprint density at radius 3 is 1.01 bits per heavy atom. The Morgan fingerprint density at radius 2 is 0.682 bits per heavy atom. The molecule has 88 heavy (non-hydrogen) atoms. The fourth-order valence-electron chi connectivity index (χ4n) is 10.6. The van der Waals surface area contributed by atoms with Crippen LogP contribution in [0, 0.1) is 0 Å². The number of halogens is 1. The van der Waals surface area contributed by atoms with Gasteiger partial charge >= 0.3 is 11.9 Å². The molecule has 12 rings (SSSR count). The molecule has 0 bridgehead atoms. The van der Waals surface area contributed by atoms with Gasteiger partial charge in [0.05, 0.1) is 20.1 Å². The van der Waals surface area contributed by atoms with Crippen LogP contribution in [0.1, 0.15) is 51.1 Å². The van der Waals surface area contributed by atoms with E-state index in [0.29, 0.717) is 0 Å². The lowest BCUT2D eigenvalue weighted by atomic mass is 9.90. The van der Waals surface area contributed by atoms with Gasteiger partial charge < -0.3 is 39.3 Å². The number of rotatable bonds is 14. The van der Waals surface area contributed by atoms with Crippen molar-refractivity contribution in [2.24, 2.45) is 0 Å². The summed E-state index contributed by atoms with van der Waals surface area (Å²) in [5, 5.41) is 12.5. The van der Waals surface area contributed by atoms with Crippen LogP contribution in [-0.2, 0) is 23.9 Å². The van der Waals surface area contributed by atoms with Gasteiger partial charge in [-0.15, -0.1) is 0 Å². The van der Waals surface area contributed by atoms with Crippen molar-refractivity contribution in [3.8, 4) is 0 Å². The number of hydroxylamine groups is 1. The van der Waals surface area contributed by atoms with Crippen LogP contribution >= 0.6 is 15.9 Å². The van der Waals surface area contributed by atoms with Gasteiger partial charge in [-0.1, -0.05) is 143 Å². The van der Waals surface area contributed by atoms with Crippen LogP contribution in [0.15, 0.2) is 224 Å². The van der Waals surface area contributed by atoms with Crippen molar-refractivity contribution in [2.45, 2.75) is 17.8 Å². The van der Waals surface area contributed by atoms with Crippen LogP contribution in [0.25, 0.3) is 0 Å². The highest BCUT2D eigenvalue weighted by Crippen LogP contribution is 2.31. The number of anilines is 5. The highest BCUT2D eigenvalue weighted by atomic mass is 79.9. The van der Waals surface area contributed by atoms with E-state index in [1.165, 1.54) is 14.2 Å². The quantitative estimate of drug-likeness (QED) is 0.0527. The largest absolute Gasteiger partial charge is 0.468 e. The molecule has 3 fully saturated rings. The second-order valence-corrected chi connectivity index (χ2v) is 21.5. The van der Waals surface area contributed by atoms with Crippen LogP contribution in [0.2, 0.25) is 0 Å². The van der Waals surface area contributed by atoms with Crippen LogP contribution in [0.3, 0.4) is 0 Å². The molecule has 1 amide bonds. The molecule has 0 saturated carbocycles. The zero-order valence-corrected chi connectivity index (χ0v) is 50.9. The van der Waals surface area contributed by atoms with Crippen molar-refractivity contribution < 1.29 is 29.1 Å². The smallest absolute Gasteiger partial charge is 0.317 e. The zero-order chi connectivity index (χ0) is 61.3. The van der Waals surface area contributed by atoms with E-state index >= 15 is 0 Å². The average molecular weight is 1250 g/mol. The number of esters is 2. The first-order valence-electron chi connectivity index (χ1n) is 29.2. The molecule has 3 aromatic heterocycles. The summed E-state index contributed by atoms with van der Waals surface area (Å²) in [6, 6.07) is 58.2. The average Bonchev–Trinajstić information content (AvgIpc) is 3.51. The van der Waals surface area contributed by atoms with Crippen molar-refractivity contribution in [3.63, 3.8) is 0 Å². The number of carbonyl (C=O) groups is 3. The fraction of sp³-hybridized carbons (Fsp3) is 0.250. The maximum Gasteiger partial charge on any atom is 0.317 e. The van der Waals surface area contributed by atoms with Gasteiger partial charge in [-0.05, 0) is 88.0 Å². The van der Waals surface area contributed by atoms with Crippen molar-refractivity contribution in [1.82, 2.24) is 40.7 Å². The highest BCUT2D eigenvalue weighted by molar-refractivity contribution is 9.10. The van der Waals surface area contributed by atoms with E-state index in [2.05, 4.69) is 87.8 Å². The summed E-state index contributed by atoms with van der Waals surface area (Å²) in [6.07, 6.45) is 10.6. The Morgan fingerprint density at radius 1 is 0.398 bits per heavy atom. The molecule has 3 unspecified atom stereocenters. The molecule has 19 nitrogen and oxygen atoms in total. The van der Waals surface area contributed by atoms with Crippen molar-refractivity contribution >= 4 is 63.0 Å². The minimum Gasteiger partial charge on any atom is -0.468 e. The summed E-state index contributed by atoms with van der Waals surface area (Å²) >= 11 is 3.39. The van der Waals surface area contributed by atoms with Gasteiger partial charge in [0.1, 0.15) is 11.8 Å². The minimum absolute atomic E-state index is 0.247. The summed E-state index contributed by atoms with van der Waals surface area (Å²) in [5.74, 6) is 0.117. The molecule has 0 radical (unpaired) electrons. The van der Waals surface area contributed by atoms with Gasteiger partial charge in [-0.25, -0.2) is 35.4 Å². The molecule has 9 aromatic rings. The molecular formula is C68H72BrN13O6. The standard InChI is InChI=1S/C23H24N4O2.C22H23N5O2.C15H13BrO2.C8H12N4/c1-29-22(28)21(18-6-3-2-4-7-18)19-8-10-20(11-9-19)26-14-16-27(17-15-26)23-24-12-5-13-25-23;28-21(25-29)20(17-5-2-1-3-6-17)18-7-9-19(10-8-18)26-13-15-27(16-14-26)22-23-11-4-12-24-22;1-18-15(17)14(11-5-3-2-4-6-11)12-7-9-13(16)10-8-12;1-2-10-8(11-3-1)12-6-4-9-5-7-12/h2-13,21H,14-17H2,1H3;1-12,20,29H,13-16H2,(H,25,28);2-10,14H,1H3;1-3,9H,4-7H2. The van der Waals surface area contributed by atoms with E-state index in [-0.39, 0.29) is 17.9 Å². The van der Waals surface area contributed by atoms with Crippen LogP contribution in [0.5, 0.6) is 0 Å². The Balaban J connectivity index is 0.000000147. The van der Waals surface area contributed by atoms with Gasteiger partial charge in [-0.2, -0.15) is 0 Å². The molecule has 0 aliphatic carbocycles. The summed E-state index contributed by atoms with van der Waals surface area (Å²) in [4.78, 5) is 73.6. The molecule has 3 N–H and O–H groups in total. The van der Waals surface area contributed by atoms with E-state index in [1.807, 2.05) is 170 Å². The topological polar surface area (TPSA) is 208 Å². The monoisotopic (exact) mass is 1250 g/mol. The normalized spacial score (nSPS) is 14.8. The number of aromatic nitrogens is 6. The number of amides is 1. The molecule has 3 aliphatic heterocycles. The zero-order valence-electron chi connectivity index (χ0n) is 49.3. The molecule has 0 spiro atoms. The Hall–Kier alpha value is -9.63. The molecule has 6 aromatic carbocycles. The lowest BCUT2D eigenvalue weighted by Crippen LogP contribution is -2.47. The SMILES string of the molecule is COC(=O)C(c1ccccc1)c1ccc(Br)cc1.COC(=O)C(c1ccccc1)c1ccc(N2CCN(c3ncccn3)CC2)cc1.O=C(NO)C(c1ccccc1)c1ccc(N2CCN(c3ncccn3)CC2)cc1.c1cnc(N2CCNCC2)nc1. The first kappa shape index (κ1) is 62.9. The molecule has 6 heterocycles. The minimum atomic E-state index is -0.553. The van der Waals surface area contributed by atoms with Crippen LogP contribution in [0.4, 0.5) is 29.2 Å². The summed E-state index contributed by atoms with van der Waals surface area (Å²) in [7, 11) is 2.85. The van der Waals surface area contributed by atoms with Gasteiger partial charge in [0.25, 0.3) is 5.91 Å². The number of nitrogens with zero attached hydrogens (tertiary/aromatic N) is 11. The summed E-state index contributed by atoms with van der Waals surface area (Å²) in [5.41, 5.74) is 9.46. The maximum absolute atomic E-state index is 12.4. The van der Waals surface area contributed by atoms with Crippen molar-refractivity contribution in [3.05, 3.63) is 257 Å². The van der Waals surface area contributed by atoms with Gasteiger partial charge in [0.15, 0.2) is 0 Å². The van der Waals surface area contributed by atoms with Gasteiger partial charge in [0.2, 0.25) is 17.8 Å². The molecule has 20 heteroatoms. The van der Waals surface area contributed by atoms with Crippen LogP contribution in [-0.4, -0.2) is 146 Å². The number of benzene rings is 6. The number of methoxy groups -OCH3 is 2. The first-order valence-corrected chi connectivity index (χ1v) is 30.0. The Labute approximate surface area is 522 Å². The second kappa shape index (κ2) is 32.8. The van der Waals surface area contributed by atoms with E-state index < -0.39 is 17.7 Å². The molecule has 3 saturated heterocycles. The maximum atomic E-state index is 12.4. The third-order valence-electron chi connectivity index (χ3n) is 15.2. The molecule has 3 aliphatic rings. The number of hydrogen-bond donors (Lipinski definition) is 3. The van der Waals surface area contributed by atoms with Crippen molar-refractivity contribution in [2.75, 3.05) is 117 Å². The summed E-state index contributed by atoms with van der Waals surface area (Å²) in [6.45, 7) is 11.1. The molecular weight excluding hydrogens is 1170 g/mol. The van der Waals surface area contributed by atoms with E-state index in [9.17, 15) is 19.6 Å². The third-order valence-corrected chi connectivity index (χ3v) is 15.7. The Kier molecular flexibility index (Phi) is 23.4.